The highest BCUT2D eigenvalue weighted by Crippen LogP contribution is 2.27. The minimum absolute atomic E-state index is 0.0302. The van der Waals surface area contributed by atoms with Gasteiger partial charge in [-0.1, -0.05) is 0 Å². The fraction of sp³-hybridized carbons (Fsp3) is 0.222. The molecule has 1 aliphatic heterocycles. The van der Waals surface area contributed by atoms with Gasteiger partial charge in [-0.25, -0.2) is 0 Å². The van der Waals surface area contributed by atoms with E-state index in [0.717, 1.165) is 5.56 Å². The first kappa shape index (κ1) is 17.4. The van der Waals surface area contributed by atoms with Crippen LogP contribution in [0.3, 0.4) is 0 Å². The Bertz CT molecular complexity index is 833. The van der Waals surface area contributed by atoms with Crippen molar-refractivity contribution in [3.8, 4) is 5.75 Å². The maximum Gasteiger partial charge on any atom is 0.269 e. The molecule has 2 amide bonds. The van der Waals surface area contributed by atoms with Crippen molar-refractivity contribution in [2.45, 2.75) is 13.0 Å². The molecular formula is C18H17N3O5. The van der Waals surface area contributed by atoms with Crippen molar-refractivity contribution in [1.29, 1.82) is 0 Å². The van der Waals surface area contributed by atoms with E-state index >= 15 is 0 Å². The molecule has 0 bridgehead atoms. The number of primary amides is 1. The lowest BCUT2D eigenvalue weighted by Crippen LogP contribution is -2.28. The van der Waals surface area contributed by atoms with Crippen molar-refractivity contribution < 1.29 is 19.2 Å². The predicted octanol–water partition coefficient (Wildman–Crippen LogP) is 2.01. The average Bonchev–Trinajstić information content (AvgIpc) is 3.03. The van der Waals surface area contributed by atoms with Gasteiger partial charge in [0.05, 0.1) is 10.8 Å². The summed E-state index contributed by atoms with van der Waals surface area (Å²) in [5.41, 5.74) is 6.79. The van der Waals surface area contributed by atoms with Crippen LogP contribution in [0.1, 0.15) is 12.0 Å². The van der Waals surface area contributed by atoms with E-state index in [0.29, 0.717) is 11.4 Å². The summed E-state index contributed by atoms with van der Waals surface area (Å²) >= 11 is 0. The summed E-state index contributed by atoms with van der Waals surface area (Å²) in [6.45, 7) is 0.556. The second kappa shape index (κ2) is 7.22. The van der Waals surface area contributed by atoms with Gasteiger partial charge in [-0.05, 0) is 42.0 Å². The fourth-order valence-electron chi connectivity index (χ4n) is 2.75. The second-order valence-corrected chi connectivity index (χ2v) is 6.01. The van der Waals surface area contributed by atoms with Crippen LogP contribution in [-0.2, 0) is 16.2 Å². The number of carbonyl (C=O) groups is 2. The first-order chi connectivity index (χ1) is 12.4. The molecule has 0 aliphatic carbocycles. The van der Waals surface area contributed by atoms with Gasteiger partial charge in [-0.3, -0.25) is 19.7 Å². The first-order valence-electron chi connectivity index (χ1n) is 8.00. The van der Waals surface area contributed by atoms with Crippen LogP contribution in [0.2, 0.25) is 0 Å². The number of nitrogens with zero attached hydrogens (tertiary/aromatic N) is 2. The molecule has 2 N–H and O–H groups in total. The van der Waals surface area contributed by atoms with Gasteiger partial charge in [0.25, 0.3) is 5.69 Å². The Kier molecular flexibility index (Phi) is 4.83. The molecule has 8 nitrogen and oxygen atoms in total. The van der Waals surface area contributed by atoms with Crippen molar-refractivity contribution in [3.63, 3.8) is 0 Å². The van der Waals surface area contributed by atoms with Crippen LogP contribution in [-0.4, -0.2) is 23.3 Å². The summed E-state index contributed by atoms with van der Waals surface area (Å²) in [7, 11) is 0. The topological polar surface area (TPSA) is 116 Å². The number of non-ortho nitro benzene ring substituents is 1. The van der Waals surface area contributed by atoms with Crippen LogP contribution >= 0.6 is 0 Å². The number of nitro groups is 1. The number of ether oxygens (including phenoxy) is 1. The predicted molar refractivity (Wildman–Crippen MR) is 93.5 cm³/mol. The van der Waals surface area contributed by atoms with Crippen LogP contribution in [0.25, 0.3) is 0 Å². The standard InChI is InChI=1S/C18H17N3O5/c19-18(23)13-9-17(22)20(10-13)14-5-7-16(8-6-14)26-11-12-1-3-15(4-2-12)21(24)25/h1-8,13H,9-11H2,(H2,19,23)/t13-/m1/s1. The van der Waals surface area contributed by atoms with Crippen LogP contribution in [0, 0.1) is 16.0 Å². The number of nitro benzene ring substituents is 1. The molecule has 0 radical (unpaired) electrons. The van der Waals surface area contributed by atoms with Crippen LogP contribution in [0.15, 0.2) is 48.5 Å². The van der Waals surface area contributed by atoms with Crippen LogP contribution < -0.4 is 15.4 Å². The van der Waals surface area contributed by atoms with Gasteiger partial charge in [-0.15, -0.1) is 0 Å². The number of anilines is 1. The molecule has 2 aromatic rings. The Morgan fingerprint density at radius 3 is 2.38 bits per heavy atom. The fourth-order valence-corrected chi connectivity index (χ4v) is 2.75. The maximum atomic E-state index is 12.0. The molecule has 0 saturated carbocycles. The lowest BCUT2D eigenvalue weighted by molar-refractivity contribution is -0.384. The summed E-state index contributed by atoms with van der Waals surface area (Å²) < 4.78 is 5.65. The molecule has 26 heavy (non-hydrogen) atoms. The van der Waals surface area contributed by atoms with Gasteiger partial charge in [-0.2, -0.15) is 0 Å². The third-order valence-electron chi connectivity index (χ3n) is 4.23. The van der Waals surface area contributed by atoms with E-state index in [1.54, 1.807) is 36.4 Å². The van der Waals surface area contributed by atoms with E-state index in [4.69, 9.17) is 10.5 Å². The monoisotopic (exact) mass is 355 g/mol. The first-order valence-corrected chi connectivity index (χ1v) is 8.00. The number of amides is 2. The van der Waals surface area contributed by atoms with Gasteiger partial charge in [0.15, 0.2) is 0 Å². The maximum absolute atomic E-state index is 12.0. The third-order valence-corrected chi connectivity index (χ3v) is 4.23. The molecule has 1 fully saturated rings. The minimum atomic E-state index is -0.469. The van der Waals surface area contributed by atoms with Crippen LogP contribution in [0.4, 0.5) is 11.4 Å². The molecule has 134 valence electrons. The van der Waals surface area contributed by atoms with Crippen molar-refractivity contribution >= 4 is 23.2 Å². The Balaban J connectivity index is 1.60. The number of hydrogen-bond donors (Lipinski definition) is 1. The molecule has 1 heterocycles. The third kappa shape index (κ3) is 3.80. The smallest absolute Gasteiger partial charge is 0.269 e. The number of benzene rings is 2. The number of rotatable bonds is 6. The molecule has 0 unspecified atom stereocenters. The van der Waals surface area contributed by atoms with E-state index in [2.05, 4.69) is 0 Å². The quantitative estimate of drug-likeness (QED) is 0.628. The summed E-state index contributed by atoms with van der Waals surface area (Å²) in [6.07, 6.45) is 0.133. The van der Waals surface area contributed by atoms with Gasteiger partial charge >= 0.3 is 0 Å². The number of carbonyl (C=O) groups excluding carboxylic acids is 2. The summed E-state index contributed by atoms with van der Waals surface area (Å²) in [5, 5.41) is 10.6. The van der Waals surface area contributed by atoms with E-state index in [-0.39, 0.29) is 31.2 Å². The molecule has 0 spiro atoms. The highest BCUT2D eigenvalue weighted by molar-refractivity contribution is 6.00. The number of nitrogens with two attached hydrogens (primary N) is 1. The second-order valence-electron chi connectivity index (χ2n) is 6.01. The molecule has 1 saturated heterocycles. The van der Waals surface area contributed by atoms with E-state index in [1.807, 2.05) is 0 Å². The lowest BCUT2D eigenvalue weighted by Gasteiger charge is -2.16. The zero-order valence-corrected chi connectivity index (χ0v) is 13.8. The van der Waals surface area contributed by atoms with E-state index in [9.17, 15) is 19.7 Å². The van der Waals surface area contributed by atoms with Gasteiger partial charge < -0.3 is 15.4 Å². The number of hydrogen-bond acceptors (Lipinski definition) is 5. The van der Waals surface area contributed by atoms with E-state index in [1.165, 1.54) is 17.0 Å². The molecule has 0 aromatic heterocycles. The summed E-state index contributed by atoms with van der Waals surface area (Å²) in [5.74, 6) is -0.456. The molecule has 1 aliphatic rings. The normalized spacial score (nSPS) is 16.5. The highest BCUT2D eigenvalue weighted by Gasteiger charge is 2.33. The van der Waals surface area contributed by atoms with Gasteiger partial charge in [0.1, 0.15) is 12.4 Å². The van der Waals surface area contributed by atoms with Gasteiger partial charge in [0.2, 0.25) is 11.8 Å². The van der Waals surface area contributed by atoms with Crippen molar-refractivity contribution in [2.24, 2.45) is 11.7 Å². The van der Waals surface area contributed by atoms with Crippen molar-refractivity contribution in [3.05, 3.63) is 64.2 Å². The Labute approximate surface area is 149 Å². The Hall–Kier alpha value is -3.42. The zero-order valence-electron chi connectivity index (χ0n) is 13.8. The van der Waals surface area contributed by atoms with E-state index < -0.39 is 16.7 Å². The summed E-state index contributed by atoms with van der Waals surface area (Å²) in [4.78, 5) is 35.0. The van der Waals surface area contributed by atoms with Crippen molar-refractivity contribution in [1.82, 2.24) is 0 Å². The highest BCUT2D eigenvalue weighted by atomic mass is 16.6. The molecular weight excluding hydrogens is 338 g/mol. The average molecular weight is 355 g/mol. The summed E-state index contributed by atoms with van der Waals surface area (Å²) in [6, 6.07) is 13.1. The van der Waals surface area contributed by atoms with Crippen LogP contribution in [0.5, 0.6) is 5.75 Å². The lowest BCUT2D eigenvalue weighted by atomic mass is 10.1. The molecule has 2 aromatic carbocycles. The Morgan fingerprint density at radius 2 is 1.85 bits per heavy atom. The SMILES string of the molecule is NC(=O)[C@@H]1CC(=O)N(c2ccc(OCc3ccc([N+](=O)[O-])cc3)cc2)C1. The van der Waals surface area contributed by atoms with Crippen molar-refractivity contribution in [2.75, 3.05) is 11.4 Å². The largest absolute Gasteiger partial charge is 0.489 e. The Morgan fingerprint density at radius 1 is 1.19 bits per heavy atom. The zero-order chi connectivity index (χ0) is 18.7. The molecule has 8 heteroatoms. The minimum Gasteiger partial charge on any atom is -0.489 e. The molecule has 3 rings (SSSR count). The molecule has 1 atom stereocenters. The van der Waals surface area contributed by atoms with Gasteiger partial charge in [0, 0.05) is 30.8 Å².